The summed E-state index contributed by atoms with van der Waals surface area (Å²) < 4.78 is 85.3. The molecule has 0 aliphatic carbocycles. The summed E-state index contributed by atoms with van der Waals surface area (Å²) >= 11 is 0. The molecule has 40 heavy (non-hydrogen) atoms. The number of hydrogen-bond donors (Lipinski definition) is 0. The summed E-state index contributed by atoms with van der Waals surface area (Å²) in [5, 5.41) is -1.20. The second-order valence-corrected chi connectivity index (χ2v) is 16.8. The van der Waals surface area contributed by atoms with Crippen LogP contribution in [0.15, 0.2) is 23.2 Å². The lowest BCUT2D eigenvalue weighted by atomic mass is 9.93. The van der Waals surface area contributed by atoms with Crippen molar-refractivity contribution in [1.82, 2.24) is 0 Å². The molecule has 0 bridgehead atoms. The van der Waals surface area contributed by atoms with E-state index in [1.165, 1.54) is 6.07 Å². The Hall–Kier alpha value is -1.60. The summed E-state index contributed by atoms with van der Waals surface area (Å²) in [5.74, 6) is 0.299. The van der Waals surface area contributed by atoms with E-state index in [0.717, 1.165) is 31.7 Å². The first kappa shape index (κ1) is 34.6. The van der Waals surface area contributed by atoms with Gasteiger partial charge in [-0.25, -0.2) is 4.99 Å². The maximum absolute atomic E-state index is 14.0. The highest BCUT2D eigenvalue weighted by atomic mass is 31.2. The summed E-state index contributed by atoms with van der Waals surface area (Å²) in [6, 6.07) is 4.18. The fourth-order valence-corrected chi connectivity index (χ4v) is 8.27. The molecule has 0 radical (unpaired) electrons. The van der Waals surface area contributed by atoms with E-state index in [0.29, 0.717) is 37.1 Å². The van der Waals surface area contributed by atoms with E-state index in [1.54, 1.807) is 13.0 Å². The van der Waals surface area contributed by atoms with Gasteiger partial charge in [0.05, 0.1) is 25.5 Å². The zero-order chi connectivity index (χ0) is 30.2. The Labute approximate surface area is 237 Å². The molecular weight excluding hydrogens is 545 g/mol. The molecule has 5 nitrogen and oxygen atoms in total. The van der Waals surface area contributed by atoms with Gasteiger partial charge in [0.25, 0.3) is 0 Å². The standard InChI is InChI=1S/C30H48F4NO4P/c1-23-35-29(21-38-23,22-39-40(36,27(2,3)4)28(5,6)7)17-16-24-14-15-26(25(20-24)30(32,33)34)37-19-13-11-9-8-10-12-18-31/h14-15,20H,8-13,16-19,21-22H2,1-7H3. The van der Waals surface area contributed by atoms with Crippen molar-refractivity contribution in [2.45, 2.75) is 122 Å². The van der Waals surface area contributed by atoms with Crippen molar-refractivity contribution in [2.75, 3.05) is 26.5 Å². The van der Waals surface area contributed by atoms with Gasteiger partial charge in [0, 0.05) is 17.2 Å². The van der Waals surface area contributed by atoms with Gasteiger partial charge in [0.1, 0.15) is 17.9 Å². The molecule has 0 spiro atoms. The van der Waals surface area contributed by atoms with Crippen LogP contribution in [0.3, 0.4) is 0 Å². The fraction of sp³-hybridized carbons (Fsp3) is 0.767. The average Bonchev–Trinajstić information content (AvgIpc) is 3.22. The lowest BCUT2D eigenvalue weighted by Crippen LogP contribution is -2.38. The van der Waals surface area contributed by atoms with Crippen molar-refractivity contribution in [3.05, 3.63) is 29.3 Å². The Morgan fingerprint density at radius 3 is 2.10 bits per heavy atom. The Morgan fingerprint density at radius 1 is 0.975 bits per heavy atom. The number of hydrogen-bond acceptors (Lipinski definition) is 5. The van der Waals surface area contributed by atoms with Gasteiger partial charge in [-0.3, -0.25) is 8.96 Å². The number of benzene rings is 1. The molecule has 1 aliphatic rings. The average molecular weight is 594 g/mol. The van der Waals surface area contributed by atoms with Crippen molar-refractivity contribution in [3.8, 4) is 5.75 Å². The van der Waals surface area contributed by atoms with Crippen LogP contribution >= 0.6 is 7.37 Å². The predicted molar refractivity (Wildman–Crippen MR) is 154 cm³/mol. The van der Waals surface area contributed by atoms with Gasteiger partial charge in [0.15, 0.2) is 5.90 Å². The van der Waals surface area contributed by atoms with Crippen LogP contribution in [0.1, 0.15) is 105 Å². The molecule has 0 saturated heterocycles. The normalized spacial score (nSPS) is 18.5. The topological polar surface area (TPSA) is 57.1 Å². The maximum Gasteiger partial charge on any atom is 0.419 e. The molecule has 0 fully saturated rings. The van der Waals surface area contributed by atoms with Crippen molar-refractivity contribution < 1.29 is 36.1 Å². The molecule has 1 aliphatic heterocycles. The van der Waals surface area contributed by atoms with E-state index < -0.39 is 35.0 Å². The van der Waals surface area contributed by atoms with Crippen LogP contribution in [0, 0.1) is 0 Å². The van der Waals surface area contributed by atoms with E-state index in [9.17, 15) is 22.1 Å². The monoisotopic (exact) mass is 593 g/mol. The molecule has 0 N–H and O–H groups in total. The molecule has 1 heterocycles. The van der Waals surface area contributed by atoms with Crippen LogP contribution < -0.4 is 4.74 Å². The van der Waals surface area contributed by atoms with Gasteiger partial charge in [-0.2, -0.15) is 13.2 Å². The van der Waals surface area contributed by atoms with E-state index in [4.69, 9.17) is 14.0 Å². The van der Waals surface area contributed by atoms with Crippen LogP contribution in [0.25, 0.3) is 0 Å². The molecule has 1 aromatic rings. The molecule has 1 aromatic carbocycles. The third-order valence-corrected chi connectivity index (χ3v) is 11.3. The Morgan fingerprint density at radius 2 is 1.57 bits per heavy atom. The van der Waals surface area contributed by atoms with Crippen molar-refractivity contribution >= 4 is 13.3 Å². The number of aliphatic imine (C=N–C) groups is 1. The highest BCUT2D eigenvalue weighted by Gasteiger charge is 2.50. The maximum atomic E-state index is 14.0. The molecule has 230 valence electrons. The van der Waals surface area contributed by atoms with E-state index in [1.807, 2.05) is 41.5 Å². The smallest absolute Gasteiger partial charge is 0.419 e. The SMILES string of the molecule is CC1=NC(CCc2ccc(OCCCCCCCCF)c(C(F)(F)F)c2)(COP(=O)(C(C)(C)C)C(C)(C)C)CO1. The predicted octanol–water partition coefficient (Wildman–Crippen LogP) is 9.41. The quantitative estimate of drug-likeness (QED) is 0.115. The molecule has 1 atom stereocenters. The minimum atomic E-state index is -4.56. The van der Waals surface area contributed by atoms with E-state index >= 15 is 0 Å². The summed E-state index contributed by atoms with van der Waals surface area (Å²) in [6.07, 6.45) is 0.795. The fourth-order valence-electron chi connectivity index (χ4n) is 5.06. The second-order valence-electron chi connectivity index (χ2n) is 12.8. The van der Waals surface area contributed by atoms with Crippen LogP contribution in [0.2, 0.25) is 0 Å². The number of unbranched alkanes of at least 4 members (excludes halogenated alkanes) is 5. The third-order valence-electron chi connectivity index (χ3n) is 7.24. The number of ether oxygens (including phenoxy) is 2. The third kappa shape index (κ3) is 9.47. The molecule has 0 aromatic heterocycles. The highest BCUT2D eigenvalue weighted by Crippen LogP contribution is 2.67. The van der Waals surface area contributed by atoms with Gasteiger partial charge in [-0.1, -0.05) is 73.3 Å². The van der Waals surface area contributed by atoms with E-state index in [-0.39, 0.29) is 32.2 Å². The van der Waals surface area contributed by atoms with Crippen LogP contribution in [-0.2, 0) is 26.4 Å². The van der Waals surface area contributed by atoms with Gasteiger partial charge >= 0.3 is 6.18 Å². The molecule has 0 amide bonds. The minimum Gasteiger partial charge on any atom is -0.493 e. The summed E-state index contributed by atoms with van der Waals surface area (Å²) in [4.78, 5) is 4.66. The second kappa shape index (κ2) is 14.0. The minimum absolute atomic E-state index is 0.0528. The lowest BCUT2D eigenvalue weighted by Gasteiger charge is -2.41. The summed E-state index contributed by atoms with van der Waals surface area (Å²) in [6.45, 7) is 13.2. The van der Waals surface area contributed by atoms with Crippen LogP contribution in [0.5, 0.6) is 5.75 Å². The number of halogens is 4. The van der Waals surface area contributed by atoms with Crippen molar-refractivity contribution in [2.24, 2.45) is 4.99 Å². The van der Waals surface area contributed by atoms with Gasteiger partial charge in [-0.05, 0) is 43.4 Å². The van der Waals surface area contributed by atoms with E-state index in [2.05, 4.69) is 4.99 Å². The first-order valence-electron chi connectivity index (χ1n) is 14.3. The van der Waals surface area contributed by atoms with Gasteiger partial charge in [0.2, 0.25) is 7.37 Å². The van der Waals surface area contributed by atoms with Gasteiger partial charge in [-0.15, -0.1) is 0 Å². The molecule has 1 unspecified atom stereocenters. The Bertz CT molecular complexity index is 1010. The number of alkyl halides is 4. The zero-order valence-electron chi connectivity index (χ0n) is 25.3. The first-order valence-corrected chi connectivity index (χ1v) is 15.9. The summed E-state index contributed by atoms with van der Waals surface area (Å²) in [7, 11) is -3.16. The number of nitrogens with zero attached hydrogens (tertiary/aromatic N) is 1. The molecule has 2 rings (SSSR count). The lowest BCUT2D eigenvalue weighted by molar-refractivity contribution is -0.139. The van der Waals surface area contributed by atoms with Crippen molar-refractivity contribution in [1.29, 1.82) is 0 Å². The zero-order valence-corrected chi connectivity index (χ0v) is 26.2. The number of aryl methyl sites for hydroxylation is 1. The number of rotatable bonds is 15. The highest BCUT2D eigenvalue weighted by molar-refractivity contribution is 7.62. The summed E-state index contributed by atoms with van der Waals surface area (Å²) in [5.41, 5.74) is -1.14. The Balaban J connectivity index is 2.11. The molecule has 0 saturated carbocycles. The Kier molecular flexibility index (Phi) is 12.1. The largest absolute Gasteiger partial charge is 0.493 e. The van der Waals surface area contributed by atoms with Crippen LogP contribution in [-0.4, -0.2) is 48.2 Å². The first-order chi connectivity index (χ1) is 18.4. The van der Waals surface area contributed by atoms with Crippen molar-refractivity contribution in [3.63, 3.8) is 0 Å². The molecule has 10 heteroatoms. The van der Waals surface area contributed by atoms with Gasteiger partial charge < -0.3 is 14.0 Å². The molecular formula is C30H48F4NO4P. The van der Waals surface area contributed by atoms with Crippen LogP contribution in [0.4, 0.5) is 17.6 Å².